The molecule has 14 heavy (non-hydrogen) atoms. The molecule has 1 aromatic heterocycles. The Bertz CT molecular complexity index is 510. The lowest BCUT2D eigenvalue weighted by atomic mass is 10.2. The molecule has 0 saturated carbocycles. The van der Waals surface area contributed by atoms with Gasteiger partial charge in [-0.15, -0.1) is 0 Å². The van der Waals surface area contributed by atoms with Crippen molar-refractivity contribution in [1.29, 1.82) is 0 Å². The van der Waals surface area contributed by atoms with Gasteiger partial charge in [-0.1, -0.05) is 6.07 Å². The van der Waals surface area contributed by atoms with Crippen LogP contribution in [0.5, 0.6) is 0 Å². The van der Waals surface area contributed by atoms with E-state index in [1.165, 1.54) is 0 Å². The summed E-state index contributed by atoms with van der Waals surface area (Å²) in [5.74, 6) is 0. The van der Waals surface area contributed by atoms with Gasteiger partial charge in [0.15, 0.2) is 0 Å². The van der Waals surface area contributed by atoms with Crippen LogP contribution in [0.1, 0.15) is 12.5 Å². The van der Waals surface area contributed by atoms with Crippen LogP contribution in [-0.2, 0) is 13.1 Å². The number of nitrogens with one attached hydrogen (secondary N) is 1. The van der Waals surface area contributed by atoms with Crippen LogP contribution in [0.15, 0.2) is 23.0 Å². The molecule has 0 aliphatic heterocycles. The highest BCUT2D eigenvalue weighted by Gasteiger charge is 2.04. The fourth-order valence-corrected chi connectivity index (χ4v) is 1.56. The number of fused-ring (bicyclic) bond motifs is 1. The van der Waals surface area contributed by atoms with Crippen molar-refractivity contribution in [3.63, 3.8) is 0 Å². The zero-order chi connectivity index (χ0) is 10.1. The number of benzene rings is 1. The maximum absolute atomic E-state index is 11.7. The summed E-state index contributed by atoms with van der Waals surface area (Å²) in [6.07, 6.45) is 0. The number of aryl methyl sites for hydroxylation is 1. The van der Waals surface area contributed by atoms with Crippen molar-refractivity contribution in [2.45, 2.75) is 20.0 Å². The van der Waals surface area contributed by atoms with E-state index >= 15 is 0 Å². The highest BCUT2D eigenvalue weighted by atomic mass is 16.1. The minimum Gasteiger partial charge on any atom is -0.326 e. The Labute approximate surface area is 81.3 Å². The third-order valence-corrected chi connectivity index (χ3v) is 2.37. The second kappa shape index (κ2) is 3.31. The van der Waals surface area contributed by atoms with Crippen LogP contribution >= 0.6 is 0 Å². The average molecular weight is 191 g/mol. The maximum atomic E-state index is 11.7. The van der Waals surface area contributed by atoms with Crippen molar-refractivity contribution in [3.8, 4) is 0 Å². The minimum atomic E-state index is 0.0334. The molecule has 0 aliphatic carbocycles. The van der Waals surface area contributed by atoms with Crippen molar-refractivity contribution in [1.82, 2.24) is 9.78 Å². The van der Waals surface area contributed by atoms with Crippen LogP contribution < -0.4 is 11.3 Å². The van der Waals surface area contributed by atoms with Crippen molar-refractivity contribution < 1.29 is 0 Å². The van der Waals surface area contributed by atoms with Crippen LogP contribution in [-0.4, -0.2) is 9.78 Å². The normalized spacial score (nSPS) is 11.0. The lowest BCUT2D eigenvalue weighted by Gasteiger charge is -1.94. The summed E-state index contributed by atoms with van der Waals surface area (Å²) in [6.45, 7) is 3.08. The van der Waals surface area contributed by atoms with Gasteiger partial charge < -0.3 is 5.73 Å². The van der Waals surface area contributed by atoms with Crippen LogP contribution in [0.3, 0.4) is 0 Å². The maximum Gasteiger partial charge on any atom is 0.274 e. The molecule has 4 heteroatoms. The first-order valence-corrected chi connectivity index (χ1v) is 4.67. The topological polar surface area (TPSA) is 63.8 Å². The molecule has 4 nitrogen and oxygen atoms in total. The van der Waals surface area contributed by atoms with E-state index in [1.807, 2.05) is 25.1 Å². The molecule has 3 N–H and O–H groups in total. The first kappa shape index (κ1) is 9.02. The molecule has 0 fully saturated rings. The molecule has 0 radical (unpaired) electrons. The first-order valence-electron chi connectivity index (χ1n) is 4.67. The van der Waals surface area contributed by atoms with E-state index in [9.17, 15) is 4.79 Å². The number of nitrogens with zero attached hydrogens (tertiary/aromatic N) is 1. The summed E-state index contributed by atoms with van der Waals surface area (Å²) in [7, 11) is 0. The van der Waals surface area contributed by atoms with E-state index in [0.717, 1.165) is 16.5 Å². The highest BCUT2D eigenvalue weighted by Crippen LogP contribution is 2.09. The molecule has 74 valence electrons. The largest absolute Gasteiger partial charge is 0.326 e. The second-order valence-corrected chi connectivity index (χ2v) is 3.25. The summed E-state index contributed by atoms with van der Waals surface area (Å²) in [5, 5.41) is 3.76. The van der Waals surface area contributed by atoms with Crippen molar-refractivity contribution in [3.05, 3.63) is 34.1 Å². The summed E-state index contributed by atoms with van der Waals surface area (Å²) in [6, 6.07) is 5.63. The Kier molecular flexibility index (Phi) is 2.13. The Hall–Kier alpha value is -1.55. The Morgan fingerprint density at radius 3 is 2.93 bits per heavy atom. The Morgan fingerprint density at radius 2 is 2.29 bits per heavy atom. The van der Waals surface area contributed by atoms with Gasteiger partial charge >= 0.3 is 0 Å². The Balaban J connectivity index is 2.73. The molecule has 0 saturated heterocycles. The molecule has 1 aromatic carbocycles. The summed E-state index contributed by atoms with van der Waals surface area (Å²) >= 11 is 0. The summed E-state index contributed by atoms with van der Waals surface area (Å²) in [4.78, 5) is 11.7. The lowest BCUT2D eigenvalue weighted by molar-refractivity contribution is 0.646. The molecule has 0 spiro atoms. The Morgan fingerprint density at radius 1 is 1.50 bits per heavy atom. The van der Waals surface area contributed by atoms with Crippen LogP contribution in [0, 0.1) is 0 Å². The van der Waals surface area contributed by atoms with Gasteiger partial charge in [-0.25, -0.2) is 0 Å². The zero-order valence-corrected chi connectivity index (χ0v) is 8.08. The number of H-pyrrole nitrogens is 1. The van der Waals surface area contributed by atoms with Crippen molar-refractivity contribution in [2.75, 3.05) is 0 Å². The molecular formula is C10H13N3O. The average Bonchev–Trinajstić information content (AvgIpc) is 2.55. The second-order valence-electron chi connectivity index (χ2n) is 3.25. The van der Waals surface area contributed by atoms with Gasteiger partial charge in [0.2, 0.25) is 0 Å². The predicted molar refractivity (Wildman–Crippen MR) is 56.1 cm³/mol. The summed E-state index contributed by atoms with van der Waals surface area (Å²) in [5.41, 5.74) is 7.44. The number of hydrogen-bond acceptors (Lipinski definition) is 2. The van der Waals surface area contributed by atoms with Gasteiger partial charge in [-0.2, -0.15) is 0 Å². The summed E-state index contributed by atoms with van der Waals surface area (Å²) < 4.78 is 1.59. The zero-order valence-electron chi connectivity index (χ0n) is 8.08. The molecule has 0 amide bonds. The third-order valence-electron chi connectivity index (χ3n) is 2.37. The van der Waals surface area contributed by atoms with Crippen molar-refractivity contribution in [2.24, 2.45) is 5.73 Å². The predicted octanol–water partition coefficient (Wildman–Crippen LogP) is 0.808. The standard InChI is InChI=1S/C10H13N3O/c1-2-13-10(14)8-4-3-7(6-11)5-9(8)12-13/h3-5,12H,2,6,11H2,1H3. The number of rotatable bonds is 2. The number of hydrogen-bond donors (Lipinski definition) is 2. The third kappa shape index (κ3) is 1.24. The molecule has 0 aliphatic rings. The van der Waals surface area contributed by atoms with E-state index < -0.39 is 0 Å². The highest BCUT2D eigenvalue weighted by molar-refractivity contribution is 5.78. The number of aromatic amines is 1. The smallest absolute Gasteiger partial charge is 0.274 e. The van der Waals surface area contributed by atoms with E-state index in [-0.39, 0.29) is 5.56 Å². The van der Waals surface area contributed by atoms with Crippen LogP contribution in [0.25, 0.3) is 10.9 Å². The van der Waals surface area contributed by atoms with Gasteiger partial charge in [0.05, 0.1) is 10.9 Å². The molecule has 1 heterocycles. The van der Waals surface area contributed by atoms with Gasteiger partial charge in [0.1, 0.15) is 0 Å². The molecule has 0 unspecified atom stereocenters. The van der Waals surface area contributed by atoms with E-state index in [4.69, 9.17) is 5.73 Å². The van der Waals surface area contributed by atoms with Crippen molar-refractivity contribution >= 4 is 10.9 Å². The number of nitrogens with two attached hydrogens (primary N) is 1. The molecular weight excluding hydrogens is 178 g/mol. The van der Waals surface area contributed by atoms with Crippen LogP contribution in [0.2, 0.25) is 0 Å². The monoisotopic (exact) mass is 191 g/mol. The fraction of sp³-hybridized carbons (Fsp3) is 0.300. The molecule has 0 bridgehead atoms. The quantitative estimate of drug-likeness (QED) is 0.737. The molecule has 2 rings (SSSR count). The van der Waals surface area contributed by atoms with Gasteiger partial charge in [0.25, 0.3) is 5.56 Å². The fourth-order valence-electron chi connectivity index (χ4n) is 1.56. The first-order chi connectivity index (χ1) is 6.76. The SMILES string of the molecule is CCn1[nH]c2cc(CN)ccc2c1=O. The van der Waals surface area contributed by atoms with Gasteiger partial charge in [0, 0.05) is 13.1 Å². The molecule has 0 atom stereocenters. The number of aromatic nitrogens is 2. The molecule has 2 aromatic rings. The van der Waals surface area contributed by atoms with Gasteiger partial charge in [-0.3, -0.25) is 14.6 Å². The van der Waals surface area contributed by atoms with E-state index in [0.29, 0.717) is 13.1 Å². The van der Waals surface area contributed by atoms with Gasteiger partial charge in [-0.05, 0) is 24.6 Å². The lowest BCUT2D eigenvalue weighted by Crippen LogP contribution is -2.14. The van der Waals surface area contributed by atoms with E-state index in [2.05, 4.69) is 5.10 Å². The van der Waals surface area contributed by atoms with Crippen LogP contribution in [0.4, 0.5) is 0 Å². The van der Waals surface area contributed by atoms with E-state index in [1.54, 1.807) is 4.68 Å². The minimum absolute atomic E-state index is 0.0334.